The molecule has 4 nitrogen and oxygen atoms in total. The topological polar surface area (TPSA) is 24.9 Å². The van der Waals surface area contributed by atoms with Crippen molar-refractivity contribution in [1.82, 2.24) is 10.0 Å². The molecule has 1 saturated carbocycles. The second kappa shape index (κ2) is 6.70. The maximum Gasteiger partial charge on any atom is 0.118 e. The highest BCUT2D eigenvalue weighted by Crippen LogP contribution is 2.52. The molecule has 0 amide bonds. The van der Waals surface area contributed by atoms with Crippen LogP contribution in [0.4, 0.5) is 0 Å². The van der Waals surface area contributed by atoms with Gasteiger partial charge < -0.3 is 9.47 Å². The highest BCUT2D eigenvalue weighted by molar-refractivity contribution is 5.30. The second-order valence-corrected chi connectivity index (χ2v) is 7.82. The summed E-state index contributed by atoms with van der Waals surface area (Å²) in [7, 11) is 3.43. The van der Waals surface area contributed by atoms with Crippen LogP contribution in [0.25, 0.3) is 0 Å². The Bertz CT molecular complexity index is 761. The van der Waals surface area contributed by atoms with Crippen LogP contribution in [-0.4, -0.2) is 36.3 Å². The Morgan fingerprint density at radius 1 is 0.704 bits per heavy atom. The van der Waals surface area contributed by atoms with E-state index < -0.39 is 0 Å². The van der Waals surface area contributed by atoms with Crippen LogP contribution in [0.1, 0.15) is 17.5 Å². The van der Waals surface area contributed by atoms with Gasteiger partial charge in [-0.1, -0.05) is 36.4 Å². The number of nitrogens with zero attached hydrogens (tertiary/aromatic N) is 2. The number of benzene rings is 2. The molecule has 4 atom stereocenters. The smallest absolute Gasteiger partial charge is 0.118 e. The van der Waals surface area contributed by atoms with Crippen molar-refractivity contribution in [1.29, 1.82) is 0 Å². The van der Waals surface area contributed by atoms with Crippen LogP contribution in [0.15, 0.2) is 60.7 Å². The van der Waals surface area contributed by atoms with Gasteiger partial charge in [-0.15, -0.1) is 0 Å². The largest absolute Gasteiger partial charge is 0.497 e. The molecule has 3 aliphatic rings. The van der Waals surface area contributed by atoms with Crippen molar-refractivity contribution in [3.05, 3.63) is 71.8 Å². The first-order valence-corrected chi connectivity index (χ1v) is 9.74. The summed E-state index contributed by atoms with van der Waals surface area (Å²) in [6, 6.07) is 18.3. The molecular weight excluding hydrogens is 336 g/mol. The zero-order valence-corrected chi connectivity index (χ0v) is 15.9. The second-order valence-electron chi connectivity index (χ2n) is 7.82. The molecule has 4 heteroatoms. The van der Waals surface area contributed by atoms with E-state index in [9.17, 15) is 0 Å². The van der Waals surface area contributed by atoms with Gasteiger partial charge in [0.25, 0.3) is 0 Å². The standard InChI is InChI=1S/C23H26N2O2/c1-26-20-9-3-16(4-10-20)14-24-22-18-7-8-19(13-18)23(22)25(24)15-17-5-11-21(27-2)12-6-17/h3-12,18-19,22-23H,13-15H2,1-2H3/t18-,19+,22+,23-. The summed E-state index contributed by atoms with van der Waals surface area (Å²) in [4.78, 5) is 0. The summed E-state index contributed by atoms with van der Waals surface area (Å²) in [6.07, 6.45) is 6.20. The van der Waals surface area contributed by atoms with Crippen molar-refractivity contribution in [2.24, 2.45) is 11.8 Å². The molecule has 140 valence electrons. The normalized spacial score (nSPS) is 28.8. The van der Waals surface area contributed by atoms with Crippen LogP contribution in [0.2, 0.25) is 0 Å². The number of hydrogen-bond donors (Lipinski definition) is 0. The lowest BCUT2D eigenvalue weighted by molar-refractivity contribution is -0.227. The molecule has 2 aliphatic carbocycles. The Hall–Kier alpha value is -2.30. The third-order valence-corrected chi connectivity index (χ3v) is 6.40. The third-order valence-electron chi connectivity index (χ3n) is 6.40. The maximum atomic E-state index is 5.30. The highest BCUT2D eigenvalue weighted by Gasteiger charge is 2.58. The molecule has 27 heavy (non-hydrogen) atoms. The van der Waals surface area contributed by atoms with Crippen molar-refractivity contribution in [3.8, 4) is 11.5 Å². The van der Waals surface area contributed by atoms with E-state index in [0.717, 1.165) is 24.6 Å². The first-order valence-electron chi connectivity index (χ1n) is 9.74. The lowest BCUT2D eigenvalue weighted by atomic mass is 9.89. The molecule has 2 aromatic rings. The van der Waals surface area contributed by atoms with Crippen molar-refractivity contribution in [2.75, 3.05) is 14.2 Å². The monoisotopic (exact) mass is 362 g/mol. The number of methoxy groups -OCH3 is 2. The molecule has 0 unspecified atom stereocenters. The Balaban J connectivity index is 1.36. The van der Waals surface area contributed by atoms with Gasteiger partial charge in [0, 0.05) is 25.2 Å². The SMILES string of the molecule is COc1ccc(CN2[C@@H]3[C@@H]([C@H]4C=C[C@@H]3C4)N2Cc2ccc(OC)cc2)cc1. The molecule has 1 heterocycles. The van der Waals surface area contributed by atoms with Gasteiger partial charge in [-0.3, -0.25) is 0 Å². The van der Waals surface area contributed by atoms with Gasteiger partial charge >= 0.3 is 0 Å². The van der Waals surface area contributed by atoms with Crippen molar-refractivity contribution < 1.29 is 9.47 Å². The Kier molecular flexibility index (Phi) is 4.18. The predicted molar refractivity (Wildman–Crippen MR) is 105 cm³/mol. The fourth-order valence-electron chi connectivity index (χ4n) is 5.07. The number of rotatable bonds is 6. The minimum Gasteiger partial charge on any atom is -0.497 e. The fourth-order valence-corrected chi connectivity index (χ4v) is 5.07. The van der Waals surface area contributed by atoms with E-state index in [-0.39, 0.29) is 0 Å². The molecule has 2 aromatic carbocycles. The van der Waals surface area contributed by atoms with E-state index in [1.165, 1.54) is 17.5 Å². The van der Waals surface area contributed by atoms with Gasteiger partial charge in [0.05, 0.1) is 14.2 Å². The zero-order chi connectivity index (χ0) is 18.4. The minimum atomic E-state index is 0.653. The van der Waals surface area contributed by atoms with Crippen LogP contribution < -0.4 is 9.47 Å². The highest BCUT2D eigenvalue weighted by atomic mass is 16.5. The van der Waals surface area contributed by atoms with Crippen molar-refractivity contribution in [3.63, 3.8) is 0 Å². The maximum absolute atomic E-state index is 5.30. The summed E-state index contributed by atoms with van der Waals surface area (Å²) >= 11 is 0. The molecule has 0 aromatic heterocycles. The Morgan fingerprint density at radius 3 is 1.48 bits per heavy atom. The number of hydrazine groups is 1. The minimum absolute atomic E-state index is 0.653. The van der Waals surface area contributed by atoms with Crippen LogP contribution in [0.3, 0.4) is 0 Å². The summed E-state index contributed by atoms with van der Waals surface area (Å²) in [5.41, 5.74) is 2.67. The lowest BCUT2D eigenvalue weighted by Crippen LogP contribution is -2.71. The predicted octanol–water partition coefficient (Wildman–Crippen LogP) is 3.88. The van der Waals surface area contributed by atoms with Gasteiger partial charge in [-0.2, -0.15) is 0 Å². The molecule has 5 rings (SSSR count). The van der Waals surface area contributed by atoms with Gasteiger partial charge in [-0.25, -0.2) is 10.0 Å². The molecule has 0 spiro atoms. The van der Waals surface area contributed by atoms with Crippen molar-refractivity contribution >= 4 is 0 Å². The first kappa shape index (κ1) is 16.8. The van der Waals surface area contributed by atoms with E-state index in [1.807, 2.05) is 0 Å². The summed E-state index contributed by atoms with van der Waals surface area (Å²) in [6.45, 7) is 1.91. The number of ether oxygens (including phenoxy) is 2. The third kappa shape index (κ3) is 2.84. The van der Waals surface area contributed by atoms with E-state index in [4.69, 9.17) is 9.47 Å². The molecule has 0 N–H and O–H groups in total. The average molecular weight is 362 g/mol. The number of fused-ring (bicyclic) bond motifs is 5. The van der Waals surface area contributed by atoms with Gasteiger partial charge in [-0.05, 0) is 53.6 Å². The van der Waals surface area contributed by atoms with E-state index in [0.29, 0.717) is 23.9 Å². The molecular formula is C23H26N2O2. The summed E-state index contributed by atoms with van der Waals surface area (Å²) in [5.74, 6) is 3.26. The van der Waals surface area contributed by atoms with Gasteiger partial charge in [0.2, 0.25) is 0 Å². The first-order chi connectivity index (χ1) is 13.3. The van der Waals surface area contributed by atoms with Gasteiger partial charge in [0.1, 0.15) is 11.5 Å². The van der Waals surface area contributed by atoms with Crippen molar-refractivity contribution in [2.45, 2.75) is 31.6 Å². The molecule has 2 bridgehead atoms. The molecule has 1 saturated heterocycles. The van der Waals surface area contributed by atoms with E-state index >= 15 is 0 Å². The molecule has 0 radical (unpaired) electrons. The van der Waals surface area contributed by atoms with Crippen LogP contribution in [-0.2, 0) is 13.1 Å². The number of hydrogen-bond acceptors (Lipinski definition) is 4. The average Bonchev–Trinajstić information content (AvgIpc) is 3.30. The lowest BCUT2D eigenvalue weighted by Gasteiger charge is -2.58. The molecule has 2 fully saturated rings. The van der Waals surface area contributed by atoms with E-state index in [2.05, 4.69) is 70.7 Å². The van der Waals surface area contributed by atoms with Gasteiger partial charge in [0.15, 0.2) is 0 Å². The Labute approximate surface area is 161 Å². The van der Waals surface area contributed by atoms with Crippen LogP contribution in [0.5, 0.6) is 11.5 Å². The molecule has 1 aliphatic heterocycles. The zero-order valence-electron chi connectivity index (χ0n) is 15.9. The summed E-state index contributed by atoms with van der Waals surface area (Å²) in [5, 5.41) is 5.18. The van der Waals surface area contributed by atoms with Crippen LogP contribution in [0, 0.1) is 11.8 Å². The fraction of sp³-hybridized carbons (Fsp3) is 0.391. The summed E-state index contributed by atoms with van der Waals surface area (Å²) < 4.78 is 10.6. The van der Waals surface area contributed by atoms with E-state index in [1.54, 1.807) is 14.2 Å². The van der Waals surface area contributed by atoms with Crippen LogP contribution >= 0.6 is 0 Å². The quantitative estimate of drug-likeness (QED) is 0.728. The Morgan fingerprint density at radius 2 is 1.11 bits per heavy atom.